The second-order valence-corrected chi connectivity index (χ2v) is 6.40. The highest BCUT2D eigenvalue weighted by Gasteiger charge is 2.18. The van der Waals surface area contributed by atoms with Crippen molar-refractivity contribution in [3.8, 4) is 5.75 Å². The normalized spacial score (nSPS) is 18.5. The van der Waals surface area contributed by atoms with E-state index in [9.17, 15) is 5.11 Å². The van der Waals surface area contributed by atoms with Crippen LogP contribution in [0.25, 0.3) is 17.2 Å². The predicted octanol–water partition coefficient (Wildman–Crippen LogP) is 4.76. The quantitative estimate of drug-likeness (QED) is 0.854. The lowest BCUT2D eigenvalue weighted by atomic mass is 9.94. The Balaban J connectivity index is 1.59. The van der Waals surface area contributed by atoms with Crippen molar-refractivity contribution >= 4 is 17.2 Å². The van der Waals surface area contributed by atoms with Gasteiger partial charge in [0.05, 0.1) is 0 Å². The lowest BCUT2D eigenvalue weighted by molar-refractivity contribution is 0.283. The summed E-state index contributed by atoms with van der Waals surface area (Å²) in [6, 6.07) is 14.0. The number of aliphatic hydroxyl groups excluding tert-OH is 1. The first-order valence-electron chi connectivity index (χ1n) is 8.38. The molecule has 0 fully saturated rings. The smallest absolute Gasteiger partial charge is 0.115 e. The van der Waals surface area contributed by atoms with Crippen molar-refractivity contribution in [2.45, 2.75) is 18.8 Å². The first-order valence-corrected chi connectivity index (χ1v) is 8.38. The monoisotopic (exact) mass is 316 g/mol. The molecule has 0 aromatic heterocycles. The summed E-state index contributed by atoms with van der Waals surface area (Å²) in [6.07, 6.45) is 10.5. The molecule has 1 atom stereocenters. The minimum atomic E-state index is 0.223. The standard InChI is InChI=1S/C22H20O2/c23-12-11-16-1-4-20-14-19(7-10-22(16)20)18-3-2-17(13-18)15-5-8-21(24)9-6-15/h1-2,4-10,13-14,16,23-24H,3,11-12H2. The van der Waals surface area contributed by atoms with E-state index in [-0.39, 0.29) is 6.61 Å². The number of phenols is 1. The van der Waals surface area contributed by atoms with Gasteiger partial charge in [0, 0.05) is 12.5 Å². The number of benzene rings is 2. The summed E-state index contributed by atoms with van der Waals surface area (Å²) < 4.78 is 0. The van der Waals surface area contributed by atoms with E-state index in [4.69, 9.17) is 5.11 Å². The second kappa shape index (κ2) is 6.14. The highest BCUT2D eigenvalue weighted by molar-refractivity contribution is 5.90. The summed E-state index contributed by atoms with van der Waals surface area (Å²) in [6.45, 7) is 0.223. The largest absolute Gasteiger partial charge is 0.508 e. The molecule has 0 saturated heterocycles. The van der Waals surface area contributed by atoms with E-state index in [2.05, 4.69) is 42.5 Å². The van der Waals surface area contributed by atoms with E-state index < -0.39 is 0 Å². The molecule has 2 nitrogen and oxygen atoms in total. The molecule has 0 heterocycles. The zero-order valence-electron chi connectivity index (χ0n) is 13.4. The van der Waals surface area contributed by atoms with E-state index in [0.29, 0.717) is 11.7 Å². The molecular weight excluding hydrogens is 296 g/mol. The summed E-state index contributed by atoms with van der Waals surface area (Å²) in [5, 5.41) is 18.6. The minimum Gasteiger partial charge on any atom is -0.508 e. The first-order chi connectivity index (χ1) is 11.7. The SMILES string of the molecule is OCCC1C=Cc2cc(C3=CC(c4ccc(O)cc4)=CC3)ccc21. The summed E-state index contributed by atoms with van der Waals surface area (Å²) in [7, 11) is 0. The van der Waals surface area contributed by atoms with E-state index >= 15 is 0 Å². The Kier molecular flexibility index (Phi) is 3.83. The third-order valence-corrected chi connectivity index (χ3v) is 4.88. The molecule has 2 heteroatoms. The van der Waals surface area contributed by atoms with Crippen LogP contribution in [0.2, 0.25) is 0 Å². The summed E-state index contributed by atoms with van der Waals surface area (Å²) >= 11 is 0. The van der Waals surface area contributed by atoms with Gasteiger partial charge in [-0.15, -0.1) is 0 Å². The molecule has 120 valence electrons. The van der Waals surface area contributed by atoms with Crippen molar-refractivity contribution in [1.82, 2.24) is 0 Å². The van der Waals surface area contributed by atoms with E-state index in [0.717, 1.165) is 18.4 Å². The number of aliphatic hydroxyl groups is 1. The number of allylic oxidation sites excluding steroid dienone is 5. The first kappa shape index (κ1) is 15.0. The molecular formula is C22H20O2. The molecule has 0 aliphatic heterocycles. The lowest BCUT2D eigenvalue weighted by Crippen LogP contribution is -1.97. The number of phenolic OH excluding ortho intramolecular Hbond substituents is 1. The minimum absolute atomic E-state index is 0.223. The molecule has 1 unspecified atom stereocenters. The van der Waals surface area contributed by atoms with Crippen molar-refractivity contribution in [3.05, 3.63) is 82.9 Å². The molecule has 2 aromatic rings. The molecule has 2 aliphatic rings. The fourth-order valence-corrected chi connectivity index (χ4v) is 3.55. The maximum absolute atomic E-state index is 9.42. The highest BCUT2D eigenvalue weighted by Crippen LogP contribution is 2.37. The van der Waals surface area contributed by atoms with E-state index in [1.54, 1.807) is 12.1 Å². The third-order valence-electron chi connectivity index (χ3n) is 4.88. The molecule has 2 N–H and O–H groups in total. The predicted molar refractivity (Wildman–Crippen MR) is 98.6 cm³/mol. The molecule has 2 aromatic carbocycles. The van der Waals surface area contributed by atoms with Gasteiger partial charge in [0.15, 0.2) is 0 Å². The summed E-state index contributed by atoms with van der Waals surface area (Å²) in [5.41, 5.74) is 7.50. The van der Waals surface area contributed by atoms with Gasteiger partial charge >= 0.3 is 0 Å². The third kappa shape index (κ3) is 2.70. The molecule has 0 bridgehead atoms. The van der Waals surface area contributed by atoms with Gasteiger partial charge in [-0.3, -0.25) is 0 Å². The van der Waals surface area contributed by atoms with Crippen molar-refractivity contribution in [3.63, 3.8) is 0 Å². The summed E-state index contributed by atoms with van der Waals surface area (Å²) in [5.74, 6) is 0.645. The van der Waals surface area contributed by atoms with Crippen LogP contribution in [0.1, 0.15) is 41.0 Å². The number of rotatable bonds is 4. The van der Waals surface area contributed by atoms with Gasteiger partial charge in [0.1, 0.15) is 5.75 Å². The fourth-order valence-electron chi connectivity index (χ4n) is 3.55. The van der Waals surface area contributed by atoms with Gasteiger partial charge in [-0.1, -0.05) is 48.6 Å². The van der Waals surface area contributed by atoms with Gasteiger partial charge in [-0.25, -0.2) is 0 Å². The highest BCUT2D eigenvalue weighted by atomic mass is 16.3. The number of fused-ring (bicyclic) bond motifs is 1. The van der Waals surface area contributed by atoms with Crippen LogP contribution in [0.5, 0.6) is 5.75 Å². The Hall–Kier alpha value is -2.58. The maximum Gasteiger partial charge on any atom is 0.115 e. The number of hydrogen-bond donors (Lipinski definition) is 2. The topological polar surface area (TPSA) is 40.5 Å². The van der Waals surface area contributed by atoms with Crippen molar-refractivity contribution in [2.75, 3.05) is 6.61 Å². The van der Waals surface area contributed by atoms with Gasteiger partial charge < -0.3 is 10.2 Å². The second-order valence-electron chi connectivity index (χ2n) is 6.40. The molecule has 0 amide bonds. The van der Waals surface area contributed by atoms with E-state index in [1.807, 2.05) is 12.1 Å². The zero-order valence-corrected chi connectivity index (χ0v) is 13.4. The average Bonchev–Trinajstić information content (AvgIpc) is 3.23. The molecule has 0 spiro atoms. The fraction of sp³-hybridized carbons (Fsp3) is 0.182. The molecule has 4 rings (SSSR count). The Labute approximate surface area is 142 Å². The molecule has 24 heavy (non-hydrogen) atoms. The molecule has 0 saturated carbocycles. The van der Waals surface area contributed by atoms with Crippen LogP contribution in [-0.4, -0.2) is 16.8 Å². The van der Waals surface area contributed by atoms with Gasteiger partial charge in [0.2, 0.25) is 0 Å². The number of hydrogen-bond acceptors (Lipinski definition) is 2. The van der Waals surface area contributed by atoms with Crippen LogP contribution < -0.4 is 0 Å². The van der Waals surface area contributed by atoms with Crippen LogP contribution in [0.3, 0.4) is 0 Å². The van der Waals surface area contributed by atoms with Crippen molar-refractivity contribution in [1.29, 1.82) is 0 Å². The van der Waals surface area contributed by atoms with Gasteiger partial charge in [-0.2, -0.15) is 0 Å². The van der Waals surface area contributed by atoms with Crippen molar-refractivity contribution < 1.29 is 10.2 Å². The zero-order chi connectivity index (χ0) is 16.5. The van der Waals surface area contributed by atoms with Crippen LogP contribution in [0.15, 0.2) is 60.7 Å². The van der Waals surface area contributed by atoms with Crippen LogP contribution >= 0.6 is 0 Å². The van der Waals surface area contributed by atoms with Crippen LogP contribution in [-0.2, 0) is 0 Å². The summed E-state index contributed by atoms with van der Waals surface area (Å²) in [4.78, 5) is 0. The Morgan fingerprint density at radius 3 is 2.58 bits per heavy atom. The Bertz CT molecular complexity index is 854. The Morgan fingerprint density at radius 2 is 1.79 bits per heavy atom. The molecule has 2 aliphatic carbocycles. The van der Waals surface area contributed by atoms with E-state index in [1.165, 1.54) is 27.8 Å². The number of aromatic hydroxyl groups is 1. The average molecular weight is 316 g/mol. The maximum atomic E-state index is 9.42. The lowest BCUT2D eigenvalue weighted by Gasteiger charge is -2.11. The van der Waals surface area contributed by atoms with Crippen LogP contribution in [0, 0.1) is 0 Å². The van der Waals surface area contributed by atoms with Crippen molar-refractivity contribution in [2.24, 2.45) is 0 Å². The molecule has 0 radical (unpaired) electrons. The van der Waals surface area contributed by atoms with Gasteiger partial charge in [0.25, 0.3) is 0 Å². The van der Waals surface area contributed by atoms with Gasteiger partial charge in [-0.05, 0) is 64.4 Å². The Morgan fingerprint density at radius 1 is 1.00 bits per heavy atom. The van der Waals surface area contributed by atoms with Crippen LogP contribution in [0.4, 0.5) is 0 Å².